The summed E-state index contributed by atoms with van der Waals surface area (Å²) in [4.78, 5) is 37.1. The average Bonchev–Trinajstić information content (AvgIpc) is 2.90. The van der Waals surface area contributed by atoms with Crippen molar-refractivity contribution in [1.29, 1.82) is 0 Å². The van der Waals surface area contributed by atoms with E-state index >= 15 is 0 Å². The molecule has 2 rings (SSSR count). The number of esters is 1. The highest BCUT2D eigenvalue weighted by Gasteiger charge is 2.61. The highest BCUT2D eigenvalue weighted by Crippen LogP contribution is 2.47. The summed E-state index contributed by atoms with van der Waals surface area (Å²) in [6.07, 6.45) is 0.592. The SMILES string of the molecule is COC(=O)[C@H]1[C@@H](C(=O)O)[C@H]2CC[C@H]1N2C(=O)OC(C)(C)C. The molecule has 0 unspecified atom stereocenters. The van der Waals surface area contributed by atoms with Crippen LogP contribution in [0.2, 0.25) is 0 Å². The number of hydrogen-bond donors (Lipinski definition) is 1. The fourth-order valence-corrected chi connectivity index (χ4v) is 3.39. The summed E-state index contributed by atoms with van der Waals surface area (Å²) in [5.74, 6) is -3.41. The molecule has 0 radical (unpaired) electrons. The highest BCUT2D eigenvalue weighted by atomic mass is 16.6. The average molecular weight is 299 g/mol. The number of carbonyl (C=O) groups excluding carboxylic acids is 2. The maximum Gasteiger partial charge on any atom is 0.410 e. The van der Waals surface area contributed by atoms with Crippen LogP contribution < -0.4 is 0 Å². The maximum absolute atomic E-state index is 12.3. The third kappa shape index (κ3) is 2.69. The van der Waals surface area contributed by atoms with Crippen LogP contribution in [0.1, 0.15) is 33.6 Å². The number of carboxylic acid groups (broad SMARTS) is 1. The summed E-state index contributed by atoms with van der Waals surface area (Å²) >= 11 is 0. The minimum atomic E-state index is -1.08. The highest BCUT2D eigenvalue weighted by molar-refractivity contribution is 5.86. The lowest BCUT2D eigenvalue weighted by Gasteiger charge is -2.27. The van der Waals surface area contributed by atoms with E-state index in [-0.39, 0.29) is 0 Å². The lowest BCUT2D eigenvalue weighted by Crippen LogP contribution is -2.41. The van der Waals surface area contributed by atoms with Crippen molar-refractivity contribution in [2.75, 3.05) is 7.11 Å². The Kier molecular flexibility index (Phi) is 3.86. The van der Waals surface area contributed by atoms with Crippen molar-refractivity contribution in [2.45, 2.75) is 51.3 Å². The summed E-state index contributed by atoms with van der Waals surface area (Å²) in [5.41, 5.74) is -0.668. The molecule has 0 spiro atoms. The van der Waals surface area contributed by atoms with Crippen LogP contribution in [0.5, 0.6) is 0 Å². The smallest absolute Gasteiger partial charge is 0.410 e. The van der Waals surface area contributed by atoms with Crippen molar-refractivity contribution in [1.82, 2.24) is 4.90 Å². The van der Waals surface area contributed by atoms with Gasteiger partial charge in [-0.3, -0.25) is 9.59 Å². The van der Waals surface area contributed by atoms with E-state index in [0.29, 0.717) is 12.8 Å². The Hall–Kier alpha value is -1.79. The van der Waals surface area contributed by atoms with Crippen molar-refractivity contribution in [3.63, 3.8) is 0 Å². The van der Waals surface area contributed by atoms with Gasteiger partial charge in [-0.05, 0) is 33.6 Å². The van der Waals surface area contributed by atoms with Gasteiger partial charge in [0.1, 0.15) is 5.60 Å². The fraction of sp³-hybridized carbons (Fsp3) is 0.786. The molecule has 2 heterocycles. The minimum absolute atomic E-state index is 0.460. The van der Waals surface area contributed by atoms with E-state index in [2.05, 4.69) is 0 Å². The van der Waals surface area contributed by atoms with Gasteiger partial charge in [-0.2, -0.15) is 0 Å². The van der Waals surface area contributed by atoms with E-state index in [1.807, 2.05) is 0 Å². The first-order chi connectivity index (χ1) is 9.67. The molecule has 1 N–H and O–H groups in total. The Balaban J connectivity index is 2.28. The predicted octanol–water partition coefficient (Wildman–Crippen LogP) is 1.26. The summed E-state index contributed by atoms with van der Waals surface area (Å²) in [7, 11) is 1.23. The number of carbonyl (C=O) groups is 3. The molecule has 4 atom stereocenters. The van der Waals surface area contributed by atoms with Crippen LogP contribution in [0.15, 0.2) is 0 Å². The number of nitrogens with zero attached hydrogens (tertiary/aromatic N) is 1. The molecule has 0 aliphatic carbocycles. The third-order valence-corrected chi connectivity index (χ3v) is 4.05. The first-order valence-electron chi connectivity index (χ1n) is 6.99. The zero-order chi connectivity index (χ0) is 15.9. The summed E-state index contributed by atoms with van der Waals surface area (Å²) < 4.78 is 10.0. The molecule has 2 bridgehead atoms. The fourth-order valence-electron chi connectivity index (χ4n) is 3.39. The van der Waals surface area contributed by atoms with Crippen LogP contribution in [-0.4, -0.2) is 52.8 Å². The topological polar surface area (TPSA) is 93.1 Å². The molecular formula is C14H21NO6. The first kappa shape index (κ1) is 15.6. The Morgan fingerprint density at radius 3 is 2.05 bits per heavy atom. The summed E-state index contributed by atoms with van der Waals surface area (Å²) in [5, 5.41) is 9.40. The van der Waals surface area contributed by atoms with Gasteiger partial charge in [0.15, 0.2) is 0 Å². The second-order valence-corrected chi connectivity index (χ2v) is 6.51. The van der Waals surface area contributed by atoms with Gasteiger partial charge in [0.05, 0.1) is 18.9 Å². The molecule has 1 amide bonds. The van der Waals surface area contributed by atoms with E-state index in [4.69, 9.17) is 9.47 Å². The second-order valence-electron chi connectivity index (χ2n) is 6.51. The zero-order valence-corrected chi connectivity index (χ0v) is 12.7. The molecule has 2 saturated heterocycles. The van der Waals surface area contributed by atoms with Crippen molar-refractivity contribution in [3.8, 4) is 0 Å². The minimum Gasteiger partial charge on any atom is -0.481 e. The second kappa shape index (κ2) is 5.20. The molecule has 2 fully saturated rings. The standard InChI is InChI=1S/C14H21NO6/c1-14(2,3)21-13(19)15-7-5-6-8(15)10(12(18)20-4)9(7)11(16)17/h7-10H,5-6H2,1-4H3,(H,16,17)/t7-,8-,9+,10-/m1/s1. The lowest BCUT2D eigenvalue weighted by atomic mass is 9.79. The molecule has 7 nitrogen and oxygen atoms in total. The van der Waals surface area contributed by atoms with Crippen LogP contribution in [0.25, 0.3) is 0 Å². The molecular weight excluding hydrogens is 278 g/mol. The molecule has 0 aromatic heterocycles. The Labute approximate surface area is 123 Å². The number of carboxylic acids is 1. The molecule has 2 aliphatic heterocycles. The monoisotopic (exact) mass is 299 g/mol. The van der Waals surface area contributed by atoms with Gasteiger partial charge in [0.2, 0.25) is 0 Å². The van der Waals surface area contributed by atoms with Gasteiger partial charge in [-0.15, -0.1) is 0 Å². The third-order valence-electron chi connectivity index (χ3n) is 4.05. The number of hydrogen-bond acceptors (Lipinski definition) is 5. The van der Waals surface area contributed by atoms with Crippen LogP contribution in [-0.2, 0) is 19.1 Å². The molecule has 0 aromatic rings. The number of rotatable bonds is 2. The van der Waals surface area contributed by atoms with Gasteiger partial charge in [0, 0.05) is 12.1 Å². The van der Waals surface area contributed by atoms with Crippen LogP contribution in [0, 0.1) is 11.8 Å². The maximum atomic E-state index is 12.3. The molecule has 0 saturated carbocycles. The summed E-state index contributed by atoms with van der Waals surface area (Å²) in [6, 6.07) is -0.968. The number of methoxy groups -OCH3 is 1. The Morgan fingerprint density at radius 2 is 1.62 bits per heavy atom. The van der Waals surface area contributed by atoms with Gasteiger partial charge in [-0.1, -0.05) is 0 Å². The van der Waals surface area contributed by atoms with E-state index in [0.717, 1.165) is 0 Å². The van der Waals surface area contributed by atoms with Crippen LogP contribution >= 0.6 is 0 Å². The van der Waals surface area contributed by atoms with E-state index in [1.54, 1.807) is 20.8 Å². The predicted molar refractivity (Wildman–Crippen MR) is 71.5 cm³/mol. The molecule has 7 heteroatoms. The van der Waals surface area contributed by atoms with Gasteiger partial charge in [0.25, 0.3) is 0 Å². The molecule has 21 heavy (non-hydrogen) atoms. The molecule has 118 valence electrons. The number of fused-ring (bicyclic) bond motifs is 2. The number of aliphatic carboxylic acids is 1. The van der Waals surface area contributed by atoms with Crippen molar-refractivity contribution >= 4 is 18.0 Å². The Morgan fingerprint density at radius 1 is 1.10 bits per heavy atom. The van der Waals surface area contributed by atoms with Crippen molar-refractivity contribution in [3.05, 3.63) is 0 Å². The van der Waals surface area contributed by atoms with Gasteiger partial charge >= 0.3 is 18.0 Å². The van der Waals surface area contributed by atoms with Crippen molar-refractivity contribution < 1.29 is 29.0 Å². The van der Waals surface area contributed by atoms with E-state index < -0.39 is 47.6 Å². The van der Waals surface area contributed by atoms with E-state index in [9.17, 15) is 19.5 Å². The molecule has 2 aliphatic rings. The number of amides is 1. The van der Waals surface area contributed by atoms with E-state index in [1.165, 1.54) is 12.0 Å². The van der Waals surface area contributed by atoms with Gasteiger partial charge < -0.3 is 19.5 Å². The molecule has 0 aromatic carbocycles. The first-order valence-corrected chi connectivity index (χ1v) is 6.99. The lowest BCUT2D eigenvalue weighted by molar-refractivity contribution is -0.156. The van der Waals surface area contributed by atoms with Crippen LogP contribution in [0.3, 0.4) is 0 Å². The number of ether oxygens (including phenoxy) is 2. The normalized spacial score (nSPS) is 31.1. The largest absolute Gasteiger partial charge is 0.481 e. The zero-order valence-electron chi connectivity index (χ0n) is 12.7. The quantitative estimate of drug-likeness (QED) is 0.772. The van der Waals surface area contributed by atoms with Crippen molar-refractivity contribution in [2.24, 2.45) is 11.8 Å². The summed E-state index contributed by atoms with van der Waals surface area (Å²) in [6.45, 7) is 5.24. The Bertz CT molecular complexity index is 469. The van der Waals surface area contributed by atoms with Gasteiger partial charge in [-0.25, -0.2) is 4.79 Å². The van der Waals surface area contributed by atoms with Crippen LogP contribution in [0.4, 0.5) is 4.79 Å².